The largest absolute Gasteiger partial charge is 0.399 e. The van der Waals surface area contributed by atoms with Crippen LogP contribution in [0.25, 0.3) is 0 Å². The van der Waals surface area contributed by atoms with E-state index in [9.17, 15) is 4.79 Å². The summed E-state index contributed by atoms with van der Waals surface area (Å²) in [7, 11) is 0. The van der Waals surface area contributed by atoms with Crippen LogP contribution in [0.5, 0.6) is 0 Å². The van der Waals surface area contributed by atoms with Crippen LogP contribution in [0.15, 0.2) is 41.5 Å². The Balaban J connectivity index is 2.17. The van der Waals surface area contributed by atoms with Crippen molar-refractivity contribution in [3.63, 3.8) is 0 Å². The summed E-state index contributed by atoms with van der Waals surface area (Å²) in [6.45, 7) is 8.09. The molecule has 114 valence electrons. The molecule has 0 atom stereocenters. The van der Waals surface area contributed by atoms with Gasteiger partial charge in [-0.25, -0.2) is 5.43 Å². The molecule has 0 saturated carbocycles. The Hall–Kier alpha value is -2.62. The molecule has 0 aliphatic carbocycles. The number of benzene rings is 2. The fourth-order valence-electron chi connectivity index (χ4n) is 2.24. The van der Waals surface area contributed by atoms with Crippen LogP contribution in [0.4, 0.5) is 5.69 Å². The average molecular weight is 295 g/mol. The summed E-state index contributed by atoms with van der Waals surface area (Å²) in [4.78, 5) is 12.0. The summed E-state index contributed by atoms with van der Waals surface area (Å²) in [6.07, 6.45) is 0. The predicted octanol–water partition coefficient (Wildman–Crippen LogP) is 3.35. The highest BCUT2D eigenvalue weighted by molar-refractivity contribution is 6.02. The lowest BCUT2D eigenvalue weighted by Gasteiger charge is -2.10. The van der Waals surface area contributed by atoms with Gasteiger partial charge < -0.3 is 5.73 Å². The maximum atomic E-state index is 12.0. The van der Waals surface area contributed by atoms with Crippen molar-refractivity contribution in [3.8, 4) is 0 Å². The zero-order valence-electron chi connectivity index (χ0n) is 13.4. The van der Waals surface area contributed by atoms with Crippen LogP contribution in [0.2, 0.25) is 0 Å². The normalized spacial score (nSPS) is 11.4. The number of anilines is 1. The van der Waals surface area contributed by atoms with Crippen LogP contribution < -0.4 is 11.2 Å². The fraction of sp³-hybridized carbons (Fsp3) is 0.222. The molecule has 0 bridgehead atoms. The molecule has 0 saturated heterocycles. The Bertz CT molecular complexity index is 731. The van der Waals surface area contributed by atoms with Crippen molar-refractivity contribution in [1.82, 2.24) is 5.43 Å². The summed E-state index contributed by atoms with van der Waals surface area (Å²) >= 11 is 0. The van der Waals surface area contributed by atoms with E-state index in [2.05, 4.69) is 36.5 Å². The van der Waals surface area contributed by atoms with Crippen molar-refractivity contribution in [2.45, 2.75) is 27.7 Å². The Labute approximate surface area is 131 Å². The molecule has 0 aliphatic heterocycles. The van der Waals surface area contributed by atoms with Crippen molar-refractivity contribution < 1.29 is 4.79 Å². The topological polar surface area (TPSA) is 67.5 Å². The van der Waals surface area contributed by atoms with E-state index >= 15 is 0 Å². The molecule has 4 heteroatoms. The lowest BCUT2D eigenvalue weighted by atomic mass is 9.98. The second-order valence-electron chi connectivity index (χ2n) is 5.51. The highest BCUT2D eigenvalue weighted by Crippen LogP contribution is 2.16. The van der Waals surface area contributed by atoms with Crippen molar-refractivity contribution in [1.29, 1.82) is 0 Å². The number of aryl methyl sites for hydroxylation is 3. The quantitative estimate of drug-likeness (QED) is 0.518. The van der Waals surface area contributed by atoms with Gasteiger partial charge in [0.1, 0.15) is 0 Å². The highest BCUT2D eigenvalue weighted by Gasteiger charge is 2.07. The molecule has 0 unspecified atom stereocenters. The number of nitrogen functional groups attached to an aromatic ring is 1. The molecule has 2 aromatic carbocycles. The van der Waals surface area contributed by atoms with Crippen LogP contribution in [-0.4, -0.2) is 11.6 Å². The third-order valence-electron chi connectivity index (χ3n) is 3.73. The maximum Gasteiger partial charge on any atom is 0.271 e. The highest BCUT2D eigenvalue weighted by atomic mass is 16.2. The Morgan fingerprint density at radius 1 is 1.00 bits per heavy atom. The molecule has 0 fully saturated rings. The molecule has 0 heterocycles. The van der Waals surface area contributed by atoms with E-state index < -0.39 is 0 Å². The van der Waals surface area contributed by atoms with Crippen molar-refractivity contribution in [2.75, 3.05) is 5.73 Å². The van der Waals surface area contributed by atoms with Crippen LogP contribution >= 0.6 is 0 Å². The molecular weight excluding hydrogens is 274 g/mol. The lowest BCUT2D eigenvalue weighted by molar-refractivity contribution is 0.0955. The molecule has 0 aromatic heterocycles. The number of nitrogens with one attached hydrogen (secondary N) is 1. The summed E-state index contributed by atoms with van der Waals surface area (Å²) in [6, 6.07) is 11.0. The first-order valence-electron chi connectivity index (χ1n) is 7.17. The number of nitrogens with two attached hydrogens (primary N) is 1. The number of hydrazone groups is 1. The number of hydrogen-bond acceptors (Lipinski definition) is 3. The second-order valence-corrected chi connectivity index (χ2v) is 5.51. The minimum Gasteiger partial charge on any atom is -0.399 e. The summed E-state index contributed by atoms with van der Waals surface area (Å²) < 4.78 is 0. The van der Waals surface area contributed by atoms with Gasteiger partial charge in [-0.3, -0.25) is 4.79 Å². The summed E-state index contributed by atoms with van der Waals surface area (Å²) in [5, 5.41) is 4.21. The third kappa shape index (κ3) is 3.52. The first-order valence-corrected chi connectivity index (χ1v) is 7.17. The Morgan fingerprint density at radius 3 is 2.23 bits per heavy atom. The first-order chi connectivity index (χ1) is 10.4. The van der Waals surface area contributed by atoms with E-state index in [0.29, 0.717) is 11.3 Å². The molecular formula is C18H21N3O. The predicted molar refractivity (Wildman–Crippen MR) is 91.2 cm³/mol. The number of amides is 1. The van der Waals surface area contributed by atoms with E-state index in [-0.39, 0.29) is 5.91 Å². The maximum absolute atomic E-state index is 12.0. The molecule has 0 spiro atoms. The number of hydrogen-bond donors (Lipinski definition) is 2. The van der Waals surface area contributed by atoms with Gasteiger partial charge in [0.2, 0.25) is 0 Å². The van der Waals surface area contributed by atoms with Crippen LogP contribution in [0.1, 0.15) is 39.5 Å². The van der Waals surface area contributed by atoms with E-state index in [1.54, 1.807) is 24.3 Å². The second kappa shape index (κ2) is 6.43. The summed E-state index contributed by atoms with van der Waals surface area (Å²) in [5.74, 6) is -0.249. The van der Waals surface area contributed by atoms with E-state index in [4.69, 9.17) is 5.73 Å². The Morgan fingerprint density at radius 2 is 1.59 bits per heavy atom. The van der Waals surface area contributed by atoms with Gasteiger partial charge in [0.25, 0.3) is 5.91 Å². The monoisotopic (exact) mass is 295 g/mol. The average Bonchev–Trinajstić information content (AvgIpc) is 2.49. The molecule has 4 nitrogen and oxygen atoms in total. The SMILES string of the molecule is C/C(=N/NC(=O)c1ccc(N)cc1)c1cc(C)c(C)cc1C. The molecule has 0 aliphatic rings. The van der Waals surface area contributed by atoms with Crippen LogP contribution in [0, 0.1) is 20.8 Å². The van der Waals surface area contributed by atoms with E-state index in [1.165, 1.54) is 11.1 Å². The van der Waals surface area contributed by atoms with Gasteiger partial charge in [0.15, 0.2) is 0 Å². The van der Waals surface area contributed by atoms with Crippen molar-refractivity contribution >= 4 is 17.3 Å². The molecule has 3 N–H and O–H groups in total. The van der Waals surface area contributed by atoms with Gasteiger partial charge in [-0.15, -0.1) is 0 Å². The van der Waals surface area contributed by atoms with Crippen LogP contribution in [0.3, 0.4) is 0 Å². The summed E-state index contributed by atoms with van der Waals surface area (Å²) in [5.41, 5.74) is 14.8. The molecule has 2 rings (SSSR count). The zero-order valence-corrected chi connectivity index (χ0v) is 13.4. The minimum atomic E-state index is -0.249. The van der Waals surface area contributed by atoms with Gasteiger partial charge >= 0.3 is 0 Å². The smallest absolute Gasteiger partial charge is 0.271 e. The van der Waals surface area contributed by atoms with Crippen LogP contribution in [-0.2, 0) is 0 Å². The van der Waals surface area contributed by atoms with E-state index in [1.807, 2.05) is 13.8 Å². The molecule has 22 heavy (non-hydrogen) atoms. The van der Waals surface area contributed by atoms with Gasteiger partial charge in [-0.2, -0.15) is 5.10 Å². The minimum absolute atomic E-state index is 0.249. The molecule has 2 aromatic rings. The van der Waals surface area contributed by atoms with Gasteiger partial charge in [-0.05, 0) is 74.7 Å². The fourth-order valence-corrected chi connectivity index (χ4v) is 2.24. The van der Waals surface area contributed by atoms with Crippen molar-refractivity contribution in [2.24, 2.45) is 5.10 Å². The van der Waals surface area contributed by atoms with Gasteiger partial charge in [0, 0.05) is 16.8 Å². The molecule has 0 radical (unpaired) electrons. The lowest BCUT2D eigenvalue weighted by Crippen LogP contribution is -2.19. The van der Waals surface area contributed by atoms with Gasteiger partial charge in [-0.1, -0.05) is 6.07 Å². The molecule has 1 amide bonds. The number of carbonyl (C=O) groups excluding carboxylic acids is 1. The van der Waals surface area contributed by atoms with Crippen molar-refractivity contribution in [3.05, 3.63) is 64.2 Å². The van der Waals surface area contributed by atoms with E-state index in [0.717, 1.165) is 16.8 Å². The standard InChI is InChI=1S/C18H21N3O/c1-11-9-13(3)17(10-12(11)2)14(4)20-21-18(22)15-5-7-16(19)8-6-15/h5-10H,19H2,1-4H3,(H,21,22)/b20-14-. The number of carbonyl (C=O) groups is 1. The first kappa shape index (κ1) is 15.8. The third-order valence-corrected chi connectivity index (χ3v) is 3.73. The Kier molecular flexibility index (Phi) is 4.61. The zero-order chi connectivity index (χ0) is 16.3. The van der Waals surface area contributed by atoms with Gasteiger partial charge in [0.05, 0.1) is 5.71 Å². The number of rotatable bonds is 3. The number of nitrogens with zero attached hydrogens (tertiary/aromatic N) is 1.